The van der Waals surface area contributed by atoms with Gasteiger partial charge in [-0.05, 0) is 46.5 Å². The van der Waals surface area contributed by atoms with Crippen molar-refractivity contribution in [2.75, 3.05) is 0 Å². The molecule has 0 unspecified atom stereocenters. The van der Waals surface area contributed by atoms with Crippen LogP contribution in [0.2, 0.25) is 0 Å². The smallest absolute Gasteiger partial charge is 0.409 e. The Morgan fingerprint density at radius 1 is 1.36 bits per heavy atom. The molecule has 3 N–H and O–H groups in total. The van der Waals surface area contributed by atoms with Crippen LogP contribution in [-0.2, 0) is 4.74 Å². The van der Waals surface area contributed by atoms with Gasteiger partial charge >= 0.3 is 6.09 Å². The van der Waals surface area contributed by atoms with Crippen LogP contribution in [0.1, 0.15) is 46.5 Å². The molecule has 82 valence electrons. The van der Waals surface area contributed by atoms with E-state index in [1.54, 1.807) is 0 Å². The molecular formula is C10H20N2O2. The van der Waals surface area contributed by atoms with Crippen molar-refractivity contribution in [1.29, 1.82) is 0 Å². The second kappa shape index (κ2) is 3.77. The first-order valence-electron chi connectivity index (χ1n) is 5.11. The Morgan fingerprint density at radius 3 is 2.29 bits per heavy atom. The minimum Gasteiger partial charge on any atom is -0.444 e. The zero-order valence-corrected chi connectivity index (χ0v) is 9.22. The van der Waals surface area contributed by atoms with E-state index in [1.165, 1.54) is 0 Å². The molecule has 1 aliphatic carbocycles. The molecule has 0 spiro atoms. The molecule has 0 aliphatic heterocycles. The summed E-state index contributed by atoms with van der Waals surface area (Å²) in [5, 5.41) is 2.73. The van der Waals surface area contributed by atoms with Gasteiger partial charge in [0.05, 0.1) is 5.66 Å². The fourth-order valence-corrected chi connectivity index (χ4v) is 1.64. The molecule has 1 aliphatic rings. The summed E-state index contributed by atoms with van der Waals surface area (Å²) in [6, 6.07) is 0. The minimum atomic E-state index is -0.539. The SMILES string of the molecule is CC(C)(C)OC(=O)NC1(N)CCCC1. The van der Waals surface area contributed by atoms with Crippen molar-refractivity contribution in [2.24, 2.45) is 5.73 Å². The molecule has 0 saturated heterocycles. The van der Waals surface area contributed by atoms with Crippen molar-refractivity contribution in [3.05, 3.63) is 0 Å². The maximum Gasteiger partial charge on any atom is 0.409 e. The standard InChI is InChI=1S/C10H20N2O2/c1-9(2,3)14-8(13)12-10(11)6-4-5-7-10/h4-7,11H2,1-3H3,(H,12,13). The maximum absolute atomic E-state index is 11.4. The van der Waals surface area contributed by atoms with Crippen molar-refractivity contribution in [3.63, 3.8) is 0 Å². The molecule has 1 saturated carbocycles. The number of nitrogens with two attached hydrogens (primary N) is 1. The average molecular weight is 200 g/mol. The van der Waals surface area contributed by atoms with Gasteiger partial charge in [0.1, 0.15) is 5.60 Å². The topological polar surface area (TPSA) is 64.3 Å². The molecule has 4 nitrogen and oxygen atoms in total. The van der Waals surface area contributed by atoms with Crippen molar-refractivity contribution in [1.82, 2.24) is 5.32 Å². The van der Waals surface area contributed by atoms with Crippen LogP contribution in [-0.4, -0.2) is 17.4 Å². The first kappa shape index (κ1) is 11.3. The number of carbonyl (C=O) groups is 1. The van der Waals surface area contributed by atoms with Gasteiger partial charge in [-0.1, -0.05) is 0 Å². The van der Waals surface area contributed by atoms with Gasteiger partial charge < -0.3 is 15.8 Å². The Bertz CT molecular complexity index is 215. The van der Waals surface area contributed by atoms with Crippen LogP contribution >= 0.6 is 0 Å². The fraction of sp³-hybridized carbons (Fsp3) is 0.900. The van der Waals surface area contributed by atoms with E-state index in [0.717, 1.165) is 25.7 Å². The summed E-state index contributed by atoms with van der Waals surface area (Å²) < 4.78 is 5.13. The lowest BCUT2D eigenvalue weighted by molar-refractivity contribution is 0.0460. The summed E-state index contributed by atoms with van der Waals surface area (Å²) in [6.45, 7) is 5.51. The minimum absolute atomic E-state index is 0.415. The molecule has 14 heavy (non-hydrogen) atoms. The molecule has 1 fully saturated rings. The molecule has 0 heterocycles. The molecular weight excluding hydrogens is 180 g/mol. The van der Waals surface area contributed by atoms with E-state index in [1.807, 2.05) is 20.8 Å². The van der Waals surface area contributed by atoms with Crippen molar-refractivity contribution >= 4 is 6.09 Å². The summed E-state index contributed by atoms with van der Waals surface area (Å²) in [7, 11) is 0. The van der Waals surface area contributed by atoms with Crippen LogP contribution in [0.5, 0.6) is 0 Å². The lowest BCUT2D eigenvalue weighted by Crippen LogP contribution is -2.54. The fourth-order valence-electron chi connectivity index (χ4n) is 1.64. The summed E-state index contributed by atoms with van der Waals surface area (Å²) in [6.07, 6.45) is 3.42. The summed E-state index contributed by atoms with van der Waals surface area (Å²) >= 11 is 0. The number of ether oxygens (including phenoxy) is 1. The van der Waals surface area contributed by atoms with E-state index < -0.39 is 17.4 Å². The Kier molecular flexibility index (Phi) is 3.04. The highest BCUT2D eigenvalue weighted by Gasteiger charge is 2.32. The number of alkyl carbamates (subject to hydrolysis) is 1. The van der Waals surface area contributed by atoms with Crippen molar-refractivity contribution in [3.8, 4) is 0 Å². The average Bonchev–Trinajstić information content (AvgIpc) is 2.30. The monoisotopic (exact) mass is 200 g/mol. The lowest BCUT2D eigenvalue weighted by atomic mass is 10.1. The van der Waals surface area contributed by atoms with Gasteiger partial charge in [0.25, 0.3) is 0 Å². The Labute approximate surface area is 85.2 Å². The number of hydrogen-bond donors (Lipinski definition) is 2. The number of rotatable bonds is 1. The van der Waals surface area contributed by atoms with Gasteiger partial charge in [0, 0.05) is 0 Å². The number of hydrogen-bond acceptors (Lipinski definition) is 3. The van der Waals surface area contributed by atoms with E-state index in [2.05, 4.69) is 5.32 Å². The third-order valence-corrected chi connectivity index (χ3v) is 2.25. The van der Waals surface area contributed by atoms with Gasteiger partial charge in [-0.2, -0.15) is 0 Å². The van der Waals surface area contributed by atoms with Crippen molar-refractivity contribution < 1.29 is 9.53 Å². The zero-order chi connectivity index (χ0) is 10.8. The highest BCUT2D eigenvalue weighted by atomic mass is 16.6. The zero-order valence-electron chi connectivity index (χ0n) is 9.22. The molecule has 0 radical (unpaired) electrons. The van der Waals surface area contributed by atoms with Gasteiger partial charge in [-0.15, -0.1) is 0 Å². The van der Waals surface area contributed by atoms with Crippen LogP contribution in [0.15, 0.2) is 0 Å². The maximum atomic E-state index is 11.4. The first-order chi connectivity index (χ1) is 6.31. The third-order valence-electron chi connectivity index (χ3n) is 2.25. The highest BCUT2D eigenvalue weighted by molar-refractivity contribution is 5.68. The molecule has 4 heteroatoms. The highest BCUT2D eigenvalue weighted by Crippen LogP contribution is 2.24. The second-order valence-corrected chi connectivity index (χ2v) is 4.99. The summed E-state index contributed by atoms with van der Waals surface area (Å²) in [4.78, 5) is 11.4. The van der Waals surface area contributed by atoms with Crippen LogP contribution in [0, 0.1) is 0 Å². The summed E-state index contributed by atoms with van der Waals surface area (Å²) in [5.41, 5.74) is 4.97. The number of amides is 1. The molecule has 0 aromatic carbocycles. The Morgan fingerprint density at radius 2 is 1.86 bits per heavy atom. The van der Waals surface area contributed by atoms with Gasteiger partial charge in [0.2, 0.25) is 0 Å². The normalized spacial score (nSPS) is 20.6. The molecule has 0 bridgehead atoms. The van der Waals surface area contributed by atoms with Gasteiger partial charge in [-0.25, -0.2) is 4.79 Å². The predicted molar refractivity (Wildman–Crippen MR) is 54.8 cm³/mol. The van der Waals surface area contributed by atoms with Crippen molar-refractivity contribution in [2.45, 2.75) is 57.7 Å². The van der Waals surface area contributed by atoms with E-state index in [9.17, 15) is 4.79 Å². The van der Waals surface area contributed by atoms with Gasteiger partial charge in [-0.3, -0.25) is 0 Å². The third kappa shape index (κ3) is 3.54. The molecule has 1 rings (SSSR count). The molecule has 1 amide bonds. The largest absolute Gasteiger partial charge is 0.444 e. The van der Waals surface area contributed by atoms with E-state index >= 15 is 0 Å². The number of carbonyl (C=O) groups excluding carboxylic acids is 1. The van der Waals surface area contributed by atoms with Crippen LogP contribution in [0.25, 0.3) is 0 Å². The molecule has 0 aromatic rings. The Hall–Kier alpha value is -0.770. The van der Waals surface area contributed by atoms with E-state index in [4.69, 9.17) is 10.5 Å². The van der Waals surface area contributed by atoms with Crippen LogP contribution in [0.4, 0.5) is 4.79 Å². The van der Waals surface area contributed by atoms with Gasteiger partial charge in [0.15, 0.2) is 0 Å². The first-order valence-corrected chi connectivity index (χ1v) is 5.11. The van der Waals surface area contributed by atoms with E-state index in [0.29, 0.717) is 0 Å². The Balaban J connectivity index is 2.40. The predicted octanol–water partition coefficient (Wildman–Crippen LogP) is 1.74. The summed E-state index contributed by atoms with van der Waals surface area (Å²) in [5.74, 6) is 0. The lowest BCUT2D eigenvalue weighted by Gasteiger charge is -2.27. The second-order valence-electron chi connectivity index (χ2n) is 4.99. The van der Waals surface area contributed by atoms with Crippen LogP contribution < -0.4 is 11.1 Å². The quantitative estimate of drug-likeness (QED) is 0.634. The number of nitrogens with one attached hydrogen (secondary N) is 1. The molecule has 0 atom stereocenters. The molecule has 0 aromatic heterocycles. The van der Waals surface area contributed by atoms with E-state index in [-0.39, 0.29) is 0 Å². The van der Waals surface area contributed by atoms with Crippen LogP contribution in [0.3, 0.4) is 0 Å².